The van der Waals surface area contributed by atoms with Crippen molar-refractivity contribution >= 4 is 23.8 Å². The van der Waals surface area contributed by atoms with Gasteiger partial charge in [0.2, 0.25) is 0 Å². The molecular formula is C20H22O2S. The summed E-state index contributed by atoms with van der Waals surface area (Å²) in [5.74, 6) is 0.573. The molecule has 0 spiro atoms. The largest absolute Gasteiger partial charge is 0.463 e. The number of thioether (sulfide) groups is 1. The Morgan fingerprint density at radius 3 is 2.57 bits per heavy atom. The Balaban J connectivity index is 2.14. The van der Waals surface area contributed by atoms with Gasteiger partial charge >= 0.3 is 5.97 Å². The lowest BCUT2D eigenvalue weighted by Crippen LogP contribution is -1.99. The number of benzene rings is 2. The number of rotatable bonds is 6. The number of carbonyl (C=O) groups excluding carboxylic acids is 1. The molecule has 0 amide bonds. The van der Waals surface area contributed by atoms with Crippen molar-refractivity contribution in [1.29, 1.82) is 0 Å². The van der Waals surface area contributed by atoms with Crippen molar-refractivity contribution in [1.82, 2.24) is 0 Å². The fraction of sp³-hybridized carbons (Fsp3) is 0.250. The quantitative estimate of drug-likeness (QED) is 0.416. The van der Waals surface area contributed by atoms with Crippen molar-refractivity contribution in [2.45, 2.75) is 31.4 Å². The lowest BCUT2D eigenvalue weighted by molar-refractivity contribution is -0.137. The molecule has 2 nitrogen and oxygen atoms in total. The van der Waals surface area contributed by atoms with Crippen LogP contribution in [0.1, 0.15) is 29.2 Å². The third-order valence-corrected chi connectivity index (χ3v) is 4.57. The molecule has 0 saturated heterocycles. The summed E-state index contributed by atoms with van der Waals surface area (Å²) in [4.78, 5) is 12.8. The van der Waals surface area contributed by atoms with Gasteiger partial charge in [-0.1, -0.05) is 35.9 Å². The van der Waals surface area contributed by atoms with E-state index in [1.165, 1.54) is 27.7 Å². The highest BCUT2D eigenvalue weighted by molar-refractivity contribution is 7.98. The second-order valence-corrected chi connectivity index (χ2v) is 6.38. The van der Waals surface area contributed by atoms with Gasteiger partial charge in [-0.3, -0.25) is 0 Å². The Morgan fingerprint density at radius 2 is 1.87 bits per heavy atom. The zero-order valence-corrected chi connectivity index (χ0v) is 14.7. The van der Waals surface area contributed by atoms with E-state index in [4.69, 9.17) is 4.74 Å². The minimum Gasteiger partial charge on any atom is -0.463 e. The smallest absolute Gasteiger partial charge is 0.330 e. The second kappa shape index (κ2) is 8.59. The van der Waals surface area contributed by atoms with E-state index in [0.29, 0.717) is 6.61 Å². The molecule has 2 aromatic carbocycles. The first-order chi connectivity index (χ1) is 11.1. The van der Waals surface area contributed by atoms with E-state index in [-0.39, 0.29) is 5.97 Å². The van der Waals surface area contributed by atoms with Gasteiger partial charge < -0.3 is 4.74 Å². The monoisotopic (exact) mass is 326 g/mol. The highest BCUT2D eigenvalue weighted by Gasteiger charge is 2.05. The Morgan fingerprint density at radius 1 is 1.13 bits per heavy atom. The zero-order valence-electron chi connectivity index (χ0n) is 13.8. The van der Waals surface area contributed by atoms with Crippen LogP contribution >= 0.6 is 11.8 Å². The minimum absolute atomic E-state index is 0.300. The fourth-order valence-corrected chi connectivity index (χ4v) is 3.25. The van der Waals surface area contributed by atoms with E-state index < -0.39 is 0 Å². The van der Waals surface area contributed by atoms with Crippen LogP contribution in [0.2, 0.25) is 0 Å². The fourth-order valence-electron chi connectivity index (χ4n) is 2.22. The molecule has 0 bridgehead atoms. The molecule has 2 rings (SSSR count). The Bertz CT molecular complexity index is 687. The molecule has 0 N–H and O–H groups in total. The highest BCUT2D eigenvalue weighted by Crippen LogP contribution is 2.27. The van der Waals surface area contributed by atoms with Crippen LogP contribution < -0.4 is 0 Å². The maximum atomic E-state index is 11.5. The van der Waals surface area contributed by atoms with Crippen molar-refractivity contribution in [3.8, 4) is 0 Å². The van der Waals surface area contributed by atoms with Crippen LogP contribution in [0.4, 0.5) is 0 Å². The van der Waals surface area contributed by atoms with Crippen LogP contribution in [-0.4, -0.2) is 12.6 Å². The molecule has 0 unspecified atom stereocenters. The van der Waals surface area contributed by atoms with Gasteiger partial charge in [-0.25, -0.2) is 4.79 Å². The maximum Gasteiger partial charge on any atom is 0.330 e. The first-order valence-corrected chi connectivity index (χ1v) is 8.71. The van der Waals surface area contributed by atoms with Gasteiger partial charge in [-0.2, -0.15) is 0 Å². The summed E-state index contributed by atoms with van der Waals surface area (Å²) in [6, 6.07) is 14.7. The van der Waals surface area contributed by atoms with Crippen LogP contribution in [0.5, 0.6) is 0 Å². The highest BCUT2D eigenvalue weighted by atomic mass is 32.2. The number of esters is 1. The summed E-state index contributed by atoms with van der Waals surface area (Å²) in [6.45, 7) is 6.40. The molecule has 0 aliphatic carbocycles. The Kier molecular flexibility index (Phi) is 6.48. The van der Waals surface area contributed by atoms with Gasteiger partial charge in [0.05, 0.1) is 6.61 Å². The first-order valence-electron chi connectivity index (χ1n) is 7.73. The predicted octanol–water partition coefficient (Wildman–Crippen LogP) is 5.17. The zero-order chi connectivity index (χ0) is 16.7. The lowest BCUT2D eigenvalue weighted by Gasteiger charge is -2.10. The Labute approximate surface area is 142 Å². The first kappa shape index (κ1) is 17.4. The van der Waals surface area contributed by atoms with Gasteiger partial charge in [0.15, 0.2) is 0 Å². The van der Waals surface area contributed by atoms with Crippen LogP contribution in [0.3, 0.4) is 0 Å². The van der Waals surface area contributed by atoms with Crippen molar-refractivity contribution in [3.05, 3.63) is 70.8 Å². The van der Waals surface area contributed by atoms with Crippen molar-refractivity contribution < 1.29 is 9.53 Å². The maximum absolute atomic E-state index is 11.5. The van der Waals surface area contributed by atoms with Crippen LogP contribution in [0.25, 0.3) is 6.08 Å². The number of ether oxygens (including phenoxy) is 1. The average molecular weight is 326 g/mol. The summed E-state index contributed by atoms with van der Waals surface area (Å²) >= 11 is 1.81. The van der Waals surface area contributed by atoms with Gasteiger partial charge in [0.1, 0.15) is 0 Å². The molecule has 0 aliphatic rings. The molecule has 0 saturated carbocycles. The van der Waals surface area contributed by atoms with E-state index in [1.54, 1.807) is 11.8 Å². The van der Waals surface area contributed by atoms with Crippen molar-refractivity contribution in [2.24, 2.45) is 0 Å². The standard InChI is InChI=1S/C20H22O2S/c1-4-22-20(21)13-10-17-7-5-6-16(3)19(17)14-23-18-11-8-15(2)9-12-18/h5-13H,4,14H2,1-3H3/b13-10+. The van der Waals surface area contributed by atoms with Gasteiger partial charge in [-0.15, -0.1) is 11.8 Å². The summed E-state index contributed by atoms with van der Waals surface area (Å²) < 4.78 is 4.94. The van der Waals surface area contributed by atoms with Gasteiger partial charge in [0, 0.05) is 16.7 Å². The predicted molar refractivity (Wildman–Crippen MR) is 97.6 cm³/mol. The van der Waals surface area contributed by atoms with Crippen molar-refractivity contribution in [2.75, 3.05) is 6.61 Å². The molecular weight excluding hydrogens is 304 g/mol. The Hall–Kier alpha value is -2.00. The summed E-state index contributed by atoms with van der Waals surface area (Å²) in [5, 5.41) is 0. The molecule has 0 fully saturated rings. The summed E-state index contributed by atoms with van der Waals surface area (Å²) in [5.41, 5.74) is 4.82. The van der Waals surface area contributed by atoms with E-state index in [2.05, 4.69) is 44.2 Å². The van der Waals surface area contributed by atoms with E-state index >= 15 is 0 Å². The molecule has 0 aromatic heterocycles. The number of hydrogen-bond acceptors (Lipinski definition) is 3. The van der Waals surface area contributed by atoms with E-state index in [1.807, 2.05) is 25.1 Å². The van der Waals surface area contributed by atoms with E-state index in [0.717, 1.165) is 11.3 Å². The average Bonchev–Trinajstić information content (AvgIpc) is 2.54. The lowest BCUT2D eigenvalue weighted by atomic mass is 10.0. The third-order valence-electron chi connectivity index (χ3n) is 3.54. The van der Waals surface area contributed by atoms with Crippen LogP contribution in [-0.2, 0) is 15.3 Å². The molecule has 0 heterocycles. The van der Waals surface area contributed by atoms with Gasteiger partial charge in [0.25, 0.3) is 0 Å². The van der Waals surface area contributed by atoms with Crippen LogP contribution in [0, 0.1) is 13.8 Å². The number of hydrogen-bond donors (Lipinski definition) is 0. The molecule has 23 heavy (non-hydrogen) atoms. The molecule has 3 heteroatoms. The molecule has 2 aromatic rings. The third kappa shape index (κ3) is 5.29. The number of carbonyl (C=O) groups is 1. The summed E-state index contributed by atoms with van der Waals surface area (Å²) in [7, 11) is 0. The SMILES string of the molecule is CCOC(=O)/C=C/c1cccc(C)c1CSc1ccc(C)cc1. The van der Waals surface area contributed by atoms with Crippen LogP contribution in [0.15, 0.2) is 53.4 Å². The van der Waals surface area contributed by atoms with Crippen molar-refractivity contribution in [3.63, 3.8) is 0 Å². The minimum atomic E-state index is -0.300. The second-order valence-electron chi connectivity index (χ2n) is 5.33. The normalized spacial score (nSPS) is 10.9. The van der Waals surface area contributed by atoms with Gasteiger partial charge in [-0.05, 0) is 55.7 Å². The molecule has 0 aliphatic heterocycles. The molecule has 120 valence electrons. The topological polar surface area (TPSA) is 26.3 Å². The summed E-state index contributed by atoms with van der Waals surface area (Å²) in [6.07, 6.45) is 3.34. The molecule has 0 radical (unpaired) electrons. The molecule has 0 atom stereocenters. The number of aryl methyl sites for hydroxylation is 2. The van der Waals surface area contributed by atoms with E-state index in [9.17, 15) is 4.79 Å².